The molecule has 4 heterocycles. The minimum absolute atomic E-state index is 0.102. The standard InChI is InChI=1S/C33H31Cl2N7O3S/c1-18-8-10-23(40-25(18)15-36-14-19-9-11-27(43)39-19)22-6-2-4-20(30(22)34)21-5-3-7-24(31(21)35)41-33-32-26(12-13-38-33)46-28(42-32)16-37-17-29(44)45/h2-8,10,12-13,19,36-37H,9,11,14-17H2,1H3,(H,38,41)(H,39,43)(H,44,45)/t19-/m0/s1. The maximum Gasteiger partial charge on any atom is 0.317 e. The Morgan fingerprint density at radius 2 is 1.78 bits per heavy atom. The SMILES string of the molecule is Cc1ccc(-c2cccc(-c3cccc(Nc4nccc5sc(CNCC(=O)O)nc45)c3Cl)c2Cl)nc1CNC[C@@H]1CCC(=O)N1. The number of pyridine rings is 2. The topological polar surface area (TPSA) is 141 Å². The van der Waals surface area contributed by atoms with Crippen LogP contribution in [0.15, 0.2) is 60.8 Å². The van der Waals surface area contributed by atoms with Gasteiger partial charge in [-0.2, -0.15) is 0 Å². The lowest BCUT2D eigenvalue weighted by Gasteiger charge is -2.16. The summed E-state index contributed by atoms with van der Waals surface area (Å²) in [7, 11) is 0. The van der Waals surface area contributed by atoms with Crippen LogP contribution in [-0.4, -0.2) is 51.1 Å². The number of nitrogens with zero attached hydrogens (tertiary/aromatic N) is 3. The number of fused-ring (bicyclic) bond motifs is 1. The van der Waals surface area contributed by atoms with E-state index in [-0.39, 0.29) is 18.5 Å². The van der Waals surface area contributed by atoms with Gasteiger partial charge in [0, 0.05) is 55.0 Å². The number of carboxylic acid groups (broad SMARTS) is 1. The molecular weight excluding hydrogens is 645 g/mol. The van der Waals surface area contributed by atoms with Crippen LogP contribution in [0.4, 0.5) is 11.5 Å². The molecule has 0 bridgehead atoms. The number of thiazole rings is 1. The van der Waals surface area contributed by atoms with E-state index in [0.29, 0.717) is 53.1 Å². The second-order valence-electron chi connectivity index (χ2n) is 11.0. The van der Waals surface area contributed by atoms with Gasteiger partial charge in [0.25, 0.3) is 0 Å². The van der Waals surface area contributed by atoms with Crippen molar-refractivity contribution in [3.05, 3.63) is 87.1 Å². The number of hydrogen-bond donors (Lipinski definition) is 5. The fraction of sp³-hybridized carbons (Fsp3) is 0.242. The van der Waals surface area contributed by atoms with Crippen LogP contribution in [0.25, 0.3) is 32.6 Å². The molecule has 1 atom stereocenters. The third-order valence-electron chi connectivity index (χ3n) is 7.69. The number of aromatic nitrogens is 3. The van der Waals surface area contributed by atoms with E-state index in [1.165, 1.54) is 11.3 Å². The molecule has 0 saturated carbocycles. The van der Waals surface area contributed by atoms with Gasteiger partial charge < -0.3 is 26.4 Å². The van der Waals surface area contributed by atoms with Crippen molar-refractivity contribution in [3.63, 3.8) is 0 Å². The summed E-state index contributed by atoms with van der Waals surface area (Å²) in [4.78, 5) is 36.5. The van der Waals surface area contributed by atoms with Gasteiger partial charge in [-0.1, -0.05) is 59.6 Å². The highest BCUT2D eigenvalue weighted by Gasteiger charge is 2.21. The van der Waals surface area contributed by atoms with Crippen molar-refractivity contribution in [2.24, 2.45) is 0 Å². The lowest BCUT2D eigenvalue weighted by molar-refractivity contribution is -0.136. The summed E-state index contributed by atoms with van der Waals surface area (Å²) < 4.78 is 0.915. The monoisotopic (exact) mass is 675 g/mol. The van der Waals surface area contributed by atoms with Crippen molar-refractivity contribution in [3.8, 4) is 22.4 Å². The van der Waals surface area contributed by atoms with Crippen LogP contribution in [-0.2, 0) is 22.7 Å². The molecule has 1 amide bonds. The van der Waals surface area contributed by atoms with Crippen molar-refractivity contribution in [2.45, 2.75) is 38.9 Å². The molecule has 3 aromatic heterocycles. The van der Waals surface area contributed by atoms with Gasteiger partial charge in [0.15, 0.2) is 5.82 Å². The van der Waals surface area contributed by atoms with Crippen molar-refractivity contribution in [2.75, 3.05) is 18.4 Å². The molecule has 5 N–H and O–H groups in total. The van der Waals surface area contributed by atoms with Crippen LogP contribution < -0.4 is 21.3 Å². The molecule has 2 aromatic carbocycles. The number of amides is 1. The summed E-state index contributed by atoms with van der Waals surface area (Å²) in [5.41, 5.74) is 6.33. The molecule has 1 aliphatic heterocycles. The minimum Gasteiger partial charge on any atom is -0.480 e. The molecule has 0 spiro atoms. The third kappa shape index (κ3) is 7.14. The highest BCUT2D eigenvalue weighted by Crippen LogP contribution is 2.42. The zero-order chi connectivity index (χ0) is 32.2. The summed E-state index contributed by atoms with van der Waals surface area (Å²) >= 11 is 15.5. The van der Waals surface area contributed by atoms with E-state index in [4.69, 9.17) is 33.3 Å². The van der Waals surface area contributed by atoms with Crippen LogP contribution >= 0.6 is 34.5 Å². The number of carbonyl (C=O) groups is 2. The first-order chi connectivity index (χ1) is 22.3. The first kappa shape index (κ1) is 31.8. The number of halogens is 2. The van der Waals surface area contributed by atoms with Crippen LogP contribution in [0.1, 0.15) is 29.1 Å². The van der Waals surface area contributed by atoms with E-state index in [0.717, 1.165) is 49.8 Å². The van der Waals surface area contributed by atoms with Gasteiger partial charge in [0.1, 0.15) is 10.5 Å². The molecule has 6 rings (SSSR count). The van der Waals surface area contributed by atoms with Gasteiger partial charge >= 0.3 is 5.97 Å². The van der Waals surface area contributed by atoms with Crippen LogP contribution in [0.2, 0.25) is 10.0 Å². The predicted molar refractivity (Wildman–Crippen MR) is 183 cm³/mol. The van der Waals surface area contributed by atoms with Crippen LogP contribution in [0.3, 0.4) is 0 Å². The van der Waals surface area contributed by atoms with Crippen molar-refractivity contribution < 1.29 is 14.7 Å². The second kappa shape index (κ2) is 14.1. The zero-order valence-electron chi connectivity index (χ0n) is 24.9. The fourth-order valence-electron chi connectivity index (χ4n) is 5.34. The van der Waals surface area contributed by atoms with Gasteiger partial charge in [-0.25, -0.2) is 9.97 Å². The summed E-state index contributed by atoms with van der Waals surface area (Å²) in [6, 6.07) is 17.5. The number of carbonyl (C=O) groups excluding carboxylic acids is 1. The van der Waals surface area contributed by atoms with Gasteiger partial charge in [-0.3, -0.25) is 14.6 Å². The van der Waals surface area contributed by atoms with Gasteiger partial charge in [-0.15, -0.1) is 11.3 Å². The summed E-state index contributed by atoms with van der Waals surface area (Å²) in [5.74, 6) is -0.284. The zero-order valence-corrected chi connectivity index (χ0v) is 27.2. The Morgan fingerprint density at radius 1 is 1.00 bits per heavy atom. The van der Waals surface area contributed by atoms with E-state index < -0.39 is 5.97 Å². The number of benzene rings is 2. The van der Waals surface area contributed by atoms with Gasteiger partial charge in [-0.05, 0) is 37.1 Å². The molecule has 236 valence electrons. The molecule has 1 fully saturated rings. The number of aliphatic carboxylic acids is 1. The summed E-state index contributed by atoms with van der Waals surface area (Å²) in [5, 5.41) is 23.3. The number of carboxylic acids is 1. The molecule has 10 nitrogen and oxygen atoms in total. The molecule has 46 heavy (non-hydrogen) atoms. The van der Waals surface area contributed by atoms with E-state index in [1.54, 1.807) is 6.20 Å². The van der Waals surface area contributed by atoms with E-state index in [9.17, 15) is 9.59 Å². The fourth-order valence-corrected chi connectivity index (χ4v) is 6.87. The minimum atomic E-state index is -0.925. The third-order valence-corrected chi connectivity index (χ3v) is 9.53. The first-order valence-corrected chi connectivity index (χ1v) is 16.3. The van der Waals surface area contributed by atoms with E-state index in [2.05, 4.69) is 31.2 Å². The Labute approximate surface area is 279 Å². The highest BCUT2D eigenvalue weighted by atomic mass is 35.5. The van der Waals surface area contributed by atoms with E-state index in [1.807, 2.05) is 61.5 Å². The molecule has 1 saturated heterocycles. The predicted octanol–water partition coefficient (Wildman–Crippen LogP) is 6.32. The quantitative estimate of drug-likeness (QED) is 0.103. The van der Waals surface area contributed by atoms with Crippen molar-refractivity contribution in [1.82, 2.24) is 30.9 Å². The smallest absolute Gasteiger partial charge is 0.317 e. The number of rotatable bonds is 12. The Bertz CT molecular complexity index is 1930. The number of anilines is 2. The number of aryl methyl sites for hydroxylation is 1. The molecule has 0 radical (unpaired) electrons. The van der Waals surface area contributed by atoms with Gasteiger partial charge in [0.05, 0.1) is 38.4 Å². The lowest BCUT2D eigenvalue weighted by atomic mass is 10.00. The molecule has 0 unspecified atom stereocenters. The molecular formula is C33H31Cl2N7O3S. The average molecular weight is 677 g/mol. The normalized spacial score (nSPS) is 14.5. The largest absolute Gasteiger partial charge is 0.480 e. The Balaban J connectivity index is 1.24. The first-order valence-electron chi connectivity index (χ1n) is 14.7. The number of hydrogen-bond acceptors (Lipinski definition) is 9. The Hall–Kier alpha value is -4.13. The molecule has 5 aromatic rings. The van der Waals surface area contributed by atoms with Crippen molar-refractivity contribution in [1.29, 1.82) is 0 Å². The second-order valence-corrected chi connectivity index (χ2v) is 12.8. The van der Waals surface area contributed by atoms with Crippen molar-refractivity contribution >= 4 is 68.1 Å². The van der Waals surface area contributed by atoms with E-state index >= 15 is 0 Å². The molecule has 13 heteroatoms. The maximum absolute atomic E-state index is 11.5. The van der Waals surface area contributed by atoms with Gasteiger partial charge in [0.2, 0.25) is 5.91 Å². The van der Waals surface area contributed by atoms with Crippen LogP contribution in [0, 0.1) is 6.92 Å². The molecule has 0 aliphatic carbocycles. The molecule has 1 aliphatic rings. The lowest BCUT2D eigenvalue weighted by Crippen LogP contribution is -2.35. The highest BCUT2D eigenvalue weighted by molar-refractivity contribution is 7.18. The Kier molecular flexibility index (Phi) is 9.76. The maximum atomic E-state index is 11.5. The summed E-state index contributed by atoms with van der Waals surface area (Å²) in [6.45, 7) is 3.48. The van der Waals surface area contributed by atoms with Crippen LogP contribution in [0.5, 0.6) is 0 Å². The summed E-state index contributed by atoms with van der Waals surface area (Å²) in [6.07, 6.45) is 3.11. The Morgan fingerprint density at radius 3 is 2.57 bits per heavy atom. The number of nitrogens with one attached hydrogen (secondary N) is 4. The average Bonchev–Trinajstić information content (AvgIpc) is 3.65.